The summed E-state index contributed by atoms with van der Waals surface area (Å²) in [5.41, 5.74) is 3.54. The number of hydroxylamine groups is 1. The molecule has 8 heteroatoms. The summed E-state index contributed by atoms with van der Waals surface area (Å²) in [6.07, 6.45) is 12.2. The number of benzene rings is 1. The maximum absolute atomic E-state index is 10.5. The van der Waals surface area contributed by atoms with Crippen LogP contribution < -0.4 is 5.48 Å². The minimum atomic E-state index is -0.557. The Balaban J connectivity index is 1.47. The predicted octanol–water partition coefficient (Wildman–Crippen LogP) is 2.36. The molecule has 8 nitrogen and oxygen atoms in total. The molecule has 0 spiro atoms. The predicted molar refractivity (Wildman–Crippen MR) is 117 cm³/mol. The second-order valence-electron chi connectivity index (χ2n) is 8.18. The molecule has 1 aliphatic rings. The van der Waals surface area contributed by atoms with Gasteiger partial charge in [-0.1, -0.05) is 59.8 Å². The van der Waals surface area contributed by atoms with E-state index in [2.05, 4.69) is 50.4 Å². The number of aromatic nitrogens is 4. The molecule has 0 radical (unpaired) electrons. The first kappa shape index (κ1) is 23.3. The van der Waals surface area contributed by atoms with Crippen molar-refractivity contribution in [1.82, 2.24) is 26.1 Å². The van der Waals surface area contributed by atoms with E-state index in [9.17, 15) is 15.4 Å². The van der Waals surface area contributed by atoms with Crippen LogP contribution in [-0.4, -0.2) is 54.3 Å². The van der Waals surface area contributed by atoms with Crippen molar-refractivity contribution in [3.63, 3.8) is 0 Å². The van der Waals surface area contributed by atoms with E-state index < -0.39 is 12.2 Å². The third-order valence-corrected chi connectivity index (χ3v) is 5.98. The molecule has 0 bridgehead atoms. The number of rotatable bonds is 12. The number of aryl methyl sites for hydroxylation is 2. The fraction of sp³-hybridized carbons (Fsp3) is 0.522. The van der Waals surface area contributed by atoms with Crippen molar-refractivity contribution in [3.05, 3.63) is 66.0 Å². The number of aromatic amines is 1. The highest BCUT2D eigenvalue weighted by molar-refractivity contribution is 5.15. The standard InChI is InChI=1S/C23H33N5O3/c29-18(13-12-17-8-4-3-5-9-17)14-15-19-20(22(30)16-21(19)26-31)10-6-1-2-7-11-23-24-27-28-25-23/h1,3-6,8-9,14-15,18-22,26,29-31H,2,7,10-13,16H2,(H,24,25,27,28)/t18?,19-,20-,21?,22+/m1/s1. The number of hydrogen-bond acceptors (Lipinski definition) is 7. The molecule has 0 amide bonds. The average Bonchev–Trinajstić information content (AvgIpc) is 3.41. The summed E-state index contributed by atoms with van der Waals surface area (Å²) in [4.78, 5) is 0. The maximum atomic E-state index is 10.5. The minimum absolute atomic E-state index is 0.00400. The van der Waals surface area contributed by atoms with Gasteiger partial charge in [0.25, 0.3) is 0 Å². The molecule has 2 aromatic rings. The summed E-state index contributed by atoms with van der Waals surface area (Å²) in [5, 5.41) is 44.3. The molecule has 1 fully saturated rings. The lowest BCUT2D eigenvalue weighted by Gasteiger charge is -2.21. The Hall–Kier alpha value is -2.39. The van der Waals surface area contributed by atoms with Crippen molar-refractivity contribution >= 4 is 0 Å². The van der Waals surface area contributed by atoms with Gasteiger partial charge in [-0.2, -0.15) is 5.21 Å². The van der Waals surface area contributed by atoms with E-state index >= 15 is 0 Å². The van der Waals surface area contributed by atoms with Crippen molar-refractivity contribution in [2.24, 2.45) is 11.8 Å². The Labute approximate surface area is 183 Å². The van der Waals surface area contributed by atoms with Crippen LogP contribution in [0.25, 0.3) is 0 Å². The number of nitrogens with one attached hydrogen (secondary N) is 2. The van der Waals surface area contributed by atoms with E-state index in [1.807, 2.05) is 24.3 Å². The highest BCUT2D eigenvalue weighted by Crippen LogP contribution is 2.36. The van der Waals surface area contributed by atoms with Gasteiger partial charge in [0.1, 0.15) is 0 Å². The Morgan fingerprint density at radius 1 is 1.19 bits per heavy atom. The molecule has 1 aromatic heterocycles. The monoisotopic (exact) mass is 427 g/mol. The molecule has 1 aliphatic carbocycles. The van der Waals surface area contributed by atoms with Gasteiger partial charge in [0.15, 0.2) is 5.82 Å². The molecule has 5 N–H and O–H groups in total. The van der Waals surface area contributed by atoms with E-state index in [-0.39, 0.29) is 17.9 Å². The highest BCUT2D eigenvalue weighted by Gasteiger charge is 2.40. The zero-order chi connectivity index (χ0) is 21.9. The Morgan fingerprint density at radius 3 is 2.77 bits per heavy atom. The van der Waals surface area contributed by atoms with Gasteiger partial charge in [-0.3, -0.25) is 0 Å². The van der Waals surface area contributed by atoms with Crippen LogP contribution in [0.1, 0.15) is 43.5 Å². The zero-order valence-electron chi connectivity index (χ0n) is 17.7. The topological polar surface area (TPSA) is 127 Å². The smallest absolute Gasteiger partial charge is 0.174 e. The van der Waals surface area contributed by atoms with Crippen molar-refractivity contribution < 1.29 is 15.4 Å². The largest absolute Gasteiger partial charge is 0.393 e. The first-order valence-electron chi connectivity index (χ1n) is 11.0. The SMILES string of the molecule is ONC1C[C@H](O)[C@H](CC=CCCCc2nn[nH]n2)[C@H]1C=CC(O)CCc1ccccc1. The van der Waals surface area contributed by atoms with Crippen molar-refractivity contribution in [1.29, 1.82) is 0 Å². The Kier molecular flexibility index (Phi) is 9.36. The molecule has 1 saturated carbocycles. The van der Waals surface area contributed by atoms with Crippen LogP contribution >= 0.6 is 0 Å². The van der Waals surface area contributed by atoms with Gasteiger partial charge in [-0.25, -0.2) is 5.48 Å². The normalized spacial score (nSPS) is 25.0. The summed E-state index contributed by atoms with van der Waals surface area (Å²) < 4.78 is 0. The summed E-state index contributed by atoms with van der Waals surface area (Å²) in [6, 6.07) is 9.87. The molecule has 31 heavy (non-hydrogen) atoms. The highest BCUT2D eigenvalue weighted by atomic mass is 16.5. The van der Waals surface area contributed by atoms with Crippen LogP contribution in [0, 0.1) is 11.8 Å². The van der Waals surface area contributed by atoms with E-state index in [1.54, 1.807) is 6.08 Å². The second-order valence-corrected chi connectivity index (χ2v) is 8.18. The first-order chi connectivity index (χ1) is 15.2. The number of aliphatic hydroxyl groups excluding tert-OH is 2. The molecule has 5 atom stereocenters. The molecular formula is C23H33N5O3. The summed E-state index contributed by atoms with van der Waals surface area (Å²) in [5.74, 6) is 0.665. The van der Waals surface area contributed by atoms with Crippen LogP contribution in [0.5, 0.6) is 0 Å². The van der Waals surface area contributed by atoms with Gasteiger partial charge < -0.3 is 15.4 Å². The number of unbranched alkanes of at least 4 members (excludes halogenated alkanes) is 1. The number of aliphatic hydroxyl groups is 2. The lowest BCUT2D eigenvalue weighted by molar-refractivity contribution is 0.108. The van der Waals surface area contributed by atoms with Gasteiger partial charge >= 0.3 is 0 Å². The fourth-order valence-corrected chi connectivity index (χ4v) is 4.23. The molecule has 1 aromatic carbocycles. The Bertz CT molecular complexity index is 797. The van der Waals surface area contributed by atoms with Gasteiger partial charge in [0, 0.05) is 18.4 Å². The molecule has 2 unspecified atom stereocenters. The molecule has 3 rings (SSSR count). The number of hydrogen-bond donors (Lipinski definition) is 5. The fourth-order valence-electron chi connectivity index (χ4n) is 4.23. The number of nitrogens with zero attached hydrogens (tertiary/aromatic N) is 3. The van der Waals surface area contributed by atoms with Crippen molar-refractivity contribution in [2.45, 2.75) is 63.2 Å². The molecule has 0 aliphatic heterocycles. The van der Waals surface area contributed by atoms with Crippen LogP contribution in [0.3, 0.4) is 0 Å². The number of tetrazole rings is 1. The van der Waals surface area contributed by atoms with Crippen LogP contribution in [0.15, 0.2) is 54.6 Å². The van der Waals surface area contributed by atoms with Gasteiger partial charge in [-0.05, 0) is 50.0 Å². The quantitative estimate of drug-likeness (QED) is 0.200. The average molecular weight is 428 g/mol. The van der Waals surface area contributed by atoms with E-state index in [1.165, 1.54) is 5.56 Å². The molecule has 1 heterocycles. The lowest BCUT2D eigenvalue weighted by atomic mass is 9.89. The van der Waals surface area contributed by atoms with Crippen molar-refractivity contribution in [3.8, 4) is 0 Å². The van der Waals surface area contributed by atoms with Crippen molar-refractivity contribution in [2.75, 3.05) is 0 Å². The Morgan fingerprint density at radius 2 is 2.03 bits per heavy atom. The van der Waals surface area contributed by atoms with Gasteiger partial charge in [-0.15, -0.1) is 10.2 Å². The van der Waals surface area contributed by atoms with Crippen LogP contribution in [0.4, 0.5) is 0 Å². The number of allylic oxidation sites excluding steroid dienone is 2. The third kappa shape index (κ3) is 7.36. The number of H-pyrrole nitrogens is 1. The van der Waals surface area contributed by atoms with Gasteiger partial charge in [0.05, 0.1) is 12.2 Å². The molecule has 168 valence electrons. The van der Waals surface area contributed by atoms with Gasteiger partial charge in [0.2, 0.25) is 0 Å². The minimum Gasteiger partial charge on any atom is -0.393 e. The van der Waals surface area contributed by atoms with Crippen LogP contribution in [0.2, 0.25) is 0 Å². The van der Waals surface area contributed by atoms with E-state index in [4.69, 9.17) is 0 Å². The maximum Gasteiger partial charge on any atom is 0.174 e. The molecular weight excluding hydrogens is 394 g/mol. The zero-order valence-corrected chi connectivity index (χ0v) is 17.7. The molecule has 0 saturated heterocycles. The first-order valence-corrected chi connectivity index (χ1v) is 11.0. The lowest BCUT2D eigenvalue weighted by Crippen LogP contribution is -2.30. The van der Waals surface area contributed by atoms with E-state index in [0.717, 1.165) is 32.1 Å². The summed E-state index contributed by atoms with van der Waals surface area (Å²) >= 11 is 0. The van der Waals surface area contributed by atoms with Crippen LogP contribution in [-0.2, 0) is 12.8 Å². The summed E-state index contributed by atoms with van der Waals surface area (Å²) in [7, 11) is 0. The second kappa shape index (κ2) is 12.5. The third-order valence-electron chi connectivity index (χ3n) is 5.98. The van der Waals surface area contributed by atoms with E-state index in [0.29, 0.717) is 18.7 Å². The summed E-state index contributed by atoms with van der Waals surface area (Å²) in [6.45, 7) is 0.